The molecule has 2 N–H and O–H groups in total. The van der Waals surface area contributed by atoms with Crippen molar-refractivity contribution in [3.8, 4) is 11.5 Å². The maximum Gasteiger partial charge on any atom is 0.268 e. The maximum atomic E-state index is 12.5. The van der Waals surface area contributed by atoms with Gasteiger partial charge >= 0.3 is 0 Å². The van der Waals surface area contributed by atoms with E-state index in [9.17, 15) is 4.79 Å². The molecule has 0 aliphatic rings. The third kappa shape index (κ3) is 4.25. The van der Waals surface area contributed by atoms with Crippen molar-refractivity contribution >= 4 is 5.91 Å². The van der Waals surface area contributed by atoms with E-state index in [-0.39, 0.29) is 11.9 Å². The minimum absolute atomic E-state index is 0.135. The van der Waals surface area contributed by atoms with Crippen molar-refractivity contribution in [3.05, 3.63) is 83.7 Å². The standard InChI is InChI=1S/C21H22N2O3/c1-25-17-9-5-15(6-10-17)14-20(16-7-11-18(26-2)12-8-16)23-21(24)19-4-3-13-22-19/h3-13,20,22H,14H2,1-2H3,(H,23,24)/t20-/m1/s1. The van der Waals surface area contributed by atoms with Crippen molar-refractivity contribution in [2.45, 2.75) is 12.5 Å². The van der Waals surface area contributed by atoms with Crippen LogP contribution in [0.2, 0.25) is 0 Å². The van der Waals surface area contributed by atoms with Crippen LogP contribution in [0.15, 0.2) is 66.9 Å². The SMILES string of the molecule is COc1ccc(C[C@@H](NC(=O)c2ccc[nH]2)c2ccc(OC)cc2)cc1. The van der Waals surface area contributed by atoms with E-state index in [1.807, 2.05) is 48.5 Å². The summed E-state index contributed by atoms with van der Waals surface area (Å²) in [6.07, 6.45) is 2.41. The van der Waals surface area contributed by atoms with Crippen molar-refractivity contribution in [2.75, 3.05) is 14.2 Å². The van der Waals surface area contributed by atoms with Gasteiger partial charge in [0.2, 0.25) is 0 Å². The Kier molecular flexibility index (Phi) is 5.59. The fourth-order valence-corrected chi connectivity index (χ4v) is 2.79. The first-order valence-corrected chi connectivity index (χ1v) is 8.40. The first-order chi connectivity index (χ1) is 12.7. The Labute approximate surface area is 153 Å². The molecule has 3 rings (SSSR count). The second-order valence-electron chi connectivity index (χ2n) is 5.94. The molecule has 0 fully saturated rings. The fourth-order valence-electron chi connectivity index (χ4n) is 2.79. The summed E-state index contributed by atoms with van der Waals surface area (Å²) in [5, 5.41) is 3.11. The summed E-state index contributed by atoms with van der Waals surface area (Å²) >= 11 is 0. The molecule has 0 saturated heterocycles. The number of rotatable bonds is 7. The lowest BCUT2D eigenvalue weighted by molar-refractivity contribution is 0.0932. The summed E-state index contributed by atoms with van der Waals surface area (Å²) in [7, 11) is 3.28. The van der Waals surface area contributed by atoms with Gasteiger partial charge in [-0.15, -0.1) is 0 Å². The van der Waals surface area contributed by atoms with Crippen LogP contribution in [0.25, 0.3) is 0 Å². The van der Waals surface area contributed by atoms with E-state index in [1.54, 1.807) is 32.5 Å². The Morgan fingerprint density at radius 3 is 2.12 bits per heavy atom. The molecule has 1 heterocycles. The van der Waals surface area contributed by atoms with E-state index in [2.05, 4.69) is 10.3 Å². The van der Waals surface area contributed by atoms with Crippen LogP contribution in [-0.4, -0.2) is 25.1 Å². The van der Waals surface area contributed by atoms with Crippen molar-refractivity contribution in [2.24, 2.45) is 0 Å². The molecule has 1 aromatic heterocycles. The minimum atomic E-state index is -0.162. The Morgan fingerprint density at radius 1 is 0.962 bits per heavy atom. The van der Waals surface area contributed by atoms with Crippen LogP contribution < -0.4 is 14.8 Å². The molecule has 0 unspecified atom stereocenters. The number of benzene rings is 2. The molecule has 5 nitrogen and oxygen atoms in total. The summed E-state index contributed by atoms with van der Waals surface area (Å²) in [5.41, 5.74) is 2.66. The second-order valence-corrected chi connectivity index (χ2v) is 5.94. The predicted octanol–water partition coefficient (Wildman–Crippen LogP) is 3.75. The third-order valence-electron chi connectivity index (χ3n) is 4.26. The average molecular weight is 350 g/mol. The molecule has 0 spiro atoms. The number of aromatic nitrogens is 1. The van der Waals surface area contributed by atoms with Crippen LogP contribution in [0.3, 0.4) is 0 Å². The lowest BCUT2D eigenvalue weighted by Gasteiger charge is -2.20. The van der Waals surface area contributed by atoms with Gasteiger partial charge < -0.3 is 19.8 Å². The Morgan fingerprint density at radius 2 is 1.58 bits per heavy atom. The number of hydrogen-bond donors (Lipinski definition) is 2. The monoisotopic (exact) mass is 350 g/mol. The molecular formula is C21H22N2O3. The normalized spacial score (nSPS) is 11.6. The highest BCUT2D eigenvalue weighted by atomic mass is 16.5. The molecule has 0 aliphatic heterocycles. The van der Waals surface area contributed by atoms with Gasteiger partial charge in [0.15, 0.2) is 0 Å². The number of carbonyl (C=O) groups is 1. The zero-order valence-corrected chi connectivity index (χ0v) is 14.9. The van der Waals surface area contributed by atoms with Crippen molar-refractivity contribution < 1.29 is 14.3 Å². The highest BCUT2D eigenvalue weighted by Gasteiger charge is 2.17. The molecule has 3 aromatic rings. The van der Waals surface area contributed by atoms with Crippen molar-refractivity contribution in [3.63, 3.8) is 0 Å². The zero-order valence-electron chi connectivity index (χ0n) is 14.9. The number of carbonyl (C=O) groups excluding carboxylic acids is 1. The highest BCUT2D eigenvalue weighted by Crippen LogP contribution is 2.23. The van der Waals surface area contributed by atoms with Gasteiger partial charge in [0.1, 0.15) is 17.2 Å². The first-order valence-electron chi connectivity index (χ1n) is 8.40. The van der Waals surface area contributed by atoms with Crippen LogP contribution in [0, 0.1) is 0 Å². The smallest absolute Gasteiger partial charge is 0.268 e. The van der Waals surface area contributed by atoms with E-state index in [1.165, 1.54) is 0 Å². The molecule has 0 saturated carbocycles. The van der Waals surface area contributed by atoms with Crippen LogP contribution in [-0.2, 0) is 6.42 Å². The van der Waals surface area contributed by atoms with E-state index in [0.29, 0.717) is 12.1 Å². The van der Waals surface area contributed by atoms with Gasteiger partial charge in [0.05, 0.1) is 20.3 Å². The van der Waals surface area contributed by atoms with Gasteiger partial charge in [0, 0.05) is 6.20 Å². The predicted molar refractivity (Wildman–Crippen MR) is 101 cm³/mol. The molecule has 134 valence electrons. The van der Waals surface area contributed by atoms with Gasteiger partial charge in [-0.25, -0.2) is 0 Å². The van der Waals surface area contributed by atoms with Crippen molar-refractivity contribution in [1.29, 1.82) is 0 Å². The van der Waals surface area contributed by atoms with Crippen molar-refractivity contribution in [1.82, 2.24) is 10.3 Å². The number of hydrogen-bond acceptors (Lipinski definition) is 3. The lowest BCUT2D eigenvalue weighted by atomic mass is 9.98. The average Bonchev–Trinajstić information content (AvgIpc) is 3.23. The quantitative estimate of drug-likeness (QED) is 0.682. The highest BCUT2D eigenvalue weighted by molar-refractivity contribution is 5.92. The number of nitrogens with one attached hydrogen (secondary N) is 2. The fraction of sp³-hybridized carbons (Fsp3) is 0.190. The Hall–Kier alpha value is -3.21. The number of methoxy groups -OCH3 is 2. The van der Waals surface area contributed by atoms with Crippen LogP contribution in [0.1, 0.15) is 27.7 Å². The topological polar surface area (TPSA) is 63.3 Å². The molecule has 2 aromatic carbocycles. The number of H-pyrrole nitrogens is 1. The van der Waals surface area contributed by atoms with Crippen LogP contribution in [0.5, 0.6) is 11.5 Å². The Bertz CT molecular complexity index is 825. The van der Waals surface area contributed by atoms with E-state index in [0.717, 1.165) is 22.6 Å². The molecule has 26 heavy (non-hydrogen) atoms. The second kappa shape index (κ2) is 8.25. The first kappa shape index (κ1) is 17.6. The maximum absolute atomic E-state index is 12.5. The molecule has 0 bridgehead atoms. The molecule has 0 radical (unpaired) electrons. The molecule has 5 heteroatoms. The molecule has 1 amide bonds. The minimum Gasteiger partial charge on any atom is -0.497 e. The van der Waals surface area contributed by atoms with E-state index >= 15 is 0 Å². The number of ether oxygens (including phenoxy) is 2. The van der Waals surface area contributed by atoms with Gasteiger partial charge in [-0.3, -0.25) is 4.79 Å². The van der Waals surface area contributed by atoms with Crippen LogP contribution in [0.4, 0.5) is 0 Å². The largest absolute Gasteiger partial charge is 0.497 e. The molecule has 0 aliphatic carbocycles. The van der Waals surface area contributed by atoms with Gasteiger partial charge in [-0.1, -0.05) is 24.3 Å². The Balaban J connectivity index is 1.82. The van der Waals surface area contributed by atoms with E-state index < -0.39 is 0 Å². The summed E-state index contributed by atoms with van der Waals surface area (Å²) in [5.74, 6) is 1.46. The number of amides is 1. The van der Waals surface area contributed by atoms with E-state index in [4.69, 9.17) is 9.47 Å². The lowest BCUT2D eigenvalue weighted by Crippen LogP contribution is -2.30. The summed E-state index contributed by atoms with van der Waals surface area (Å²) in [4.78, 5) is 15.5. The third-order valence-corrected chi connectivity index (χ3v) is 4.26. The summed E-state index contributed by atoms with van der Waals surface area (Å²) < 4.78 is 10.4. The van der Waals surface area contributed by atoms with Gasteiger partial charge in [-0.05, 0) is 53.9 Å². The summed E-state index contributed by atoms with van der Waals surface area (Å²) in [6, 6.07) is 19.0. The molecule has 1 atom stereocenters. The summed E-state index contributed by atoms with van der Waals surface area (Å²) in [6.45, 7) is 0. The van der Waals surface area contributed by atoms with Crippen LogP contribution >= 0.6 is 0 Å². The molecular weight excluding hydrogens is 328 g/mol. The number of aromatic amines is 1. The zero-order chi connectivity index (χ0) is 18.4. The van der Waals surface area contributed by atoms with Gasteiger partial charge in [-0.2, -0.15) is 0 Å². The van der Waals surface area contributed by atoms with Gasteiger partial charge in [0.25, 0.3) is 5.91 Å².